The summed E-state index contributed by atoms with van der Waals surface area (Å²) in [6.45, 7) is -0.807. The molecule has 0 aliphatic carbocycles. The van der Waals surface area contributed by atoms with Gasteiger partial charge in [0.1, 0.15) is 12.4 Å². The fraction of sp³-hybridized carbons (Fsp3) is 0.286. The first-order valence-corrected chi connectivity index (χ1v) is 4.22. The number of alkyl halides is 3. The van der Waals surface area contributed by atoms with Crippen LogP contribution in [0.2, 0.25) is 0 Å². The van der Waals surface area contributed by atoms with Crippen LogP contribution in [0.1, 0.15) is 17.8 Å². The smallest absolute Gasteiger partial charge is 0.248 e. The van der Waals surface area contributed by atoms with Crippen LogP contribution in [0.3, 0.4) is 0 Å². The molecule has 0 aliphatic rings. The average Bonchev–Trinajstić information content (AvgIpc) is 2.05. The summed E-state index contributed by atoms with van der Waals surface area (Å²) in [6.07, 6.45) is -2.63. The largest absolute Gasteiger partial charge is 0.280 e. The number of hydrogen-bond acceptors (Lipinski definition) is 1. The molecule has 1 aromatic heterocycles. The van der Waals surface area contributed by atoms with Crippen LogP contribution in [0.5, 0.6) is 0 Å². The van der Waals surface area contributed by atoms with Crippen LogP contribution < -0.4 is 0 Å². The van der Waals surface area contributed by atoms with E-state index in [9.17, 15) is 13.2 Å². The second-order valence-electron chi connectivity index (χ2n) is 2.10. The Kier molecular flexibility index (Phi) is 3.30. The van der Waals surface area contributed by atoms with E-state index in [1.54, 1.807) is 0 Å². The maximum absolute atomic E-state index is 12.1. The summed E-state index contributed by atoms with van der Waals surface area (Å²) in [7, 11) is 0. The van der Waals surface area contributed by atoms with E-state index in [4.69, 9.17) is 0 Å². The van der Waals surface area contributed by atoms with Crippen LogP contribution in [-0.2, 0) is 6.67 Å². The van der Waals surface area contributed by atoms with E-state index in [0.717, 1.165) is 0 Å². The molecule has 0 N–H and O–H groups in total. The Morgan fingerprint density at radius 3 is 2.58 bits per heavy atom. The molecule has 0 amide bonds. The monoisotopic (exact) mass is 287 g/mol. The Hall–Kier alpha value is -0.330. The van der Waals surface area contributed by atoms with Crippen molar-refractivity contribution in [2.45, 2.75) is 13.1 Å². The van der Waals surface area contributed by atoms with E-state index in [-0.39, 0.29) is 11.4 Å². The molecule has 1 rings (SSSR count). The lowest BCUT2D eigenvalue weighted by Gasteiger charge is -2.02. The van der Waals surface area contributed by atoms with Gasteiger partial charge >= 0.3 is 0 Å². The van der Waals surface area contributed by atoms with Crippen molar-refractivity contribution < 1.29 is 13.2 Å². The minimum absolute atomic E-state index is 0.0772. The molecule has 0 unspecified atom stereocenters. The maximum atomic E-state index is 12.1. The molecule has 1 nitrogen and oxygen atoms in total. The van der Waals surface area contributed by atoms with E-state index >= 15 is 0 Å². The lowest BCUT2D eigenvalue weighted by molar-refractivity contribution is 0.145. The van der Waals surface area contributed by atoms with Crippen molar-refractivity contribution in [2.24, 2.45) is 0 Å². The summed E-state index contributed by atoms with van der Waals surface area (Å²) in [5.41, 5.74) is -0.295. The Morgan fingerprint density at radius 2 is 2.08 bits per heavy atom. The molecule has 1 heterocycles. The highest BCUT2D eigenvalue weighted by molar-refractivity contribution is 14.1. The second-order valence-corrected chi connectivity index (χ2v) is 3.26. The predicted octanol–water partition coefficient (Wildman–Crippen LogP) is 3.09. The van der Waals surface area contributed by atoms with Gasteiger partial charge in [0.25, 0.3) is 6.43 Å². The predicted molar refractivity (Wildman–Crippen MR) is 46.7 cm³/mol. The van der Waals surface area contributed by atoms with Gasteiger partial charge in [-0.1, -0.05) is 0 Å². The topological polar surface area (TPSA) is 12.9 Å². The summed E-state index contributed by atoms with van der Waals surface area (Å²) in [4.78, 5) is 3.46. The molecule has 66 valence electrons. The zero-order valence-corrected chi connectivity index (χ0v) is 8.06. The Balaban J connectivity index is 3.05. The molecule has 12 heavy (non-hydrogen) atoms. The van der Waals surface area contributed by atoms with Crippen LogP contribution in [0.15, 0.2) is 12.1 Å². The summed E-state index contributed by atoms with van der Waals surface area (Å²) in [6, 6.07) is 2.63. The highest BCUT2D eigenvalue weighted by Gasteiger charge is 2.10. The minimum Gasteiger partial charge on any atom is -0.248 e. The number of halogens is 4. The lowest BCUT2D eigenvalue weighted by Crippen LogP contribution is -1.96. The van der Waals surface area contributed by atoms with Crippen molar-refractivity contribution in [1.82, 2.24) is 4.98 Å². The molecule has 0 aliphatic heterocycles. The Bertz CT molecular complexity index is 277. The fourth-order valence-corrected chi connectivity index (χ4v) is 1.16. The Labute approximate surface area is 81.1 Å². The van der Waals surface area contributed by atoms with E-state index in [2.05, 4.69) is 4.98 Å². The van der Waals surface area contributed by atoms with Crippen molar-refractivity contribution in [1.29, 1.82) is 0 Å². The third-order valence-corrected chi connectivity index (χ3v) is 2.27. The van der Waals surface area contributed by atoms with E-state index in [1.165, 1.54) is 12.1 Å². The van der Waals surface area contributed by atoms with E-state index < -0.39 is 13.1 Å². The van der Waals surface area contributed by atoms with Gasteiger partial charge in [-0.15, -0.1) is 0 Å². The number of nitrogens with zero attached hydrogens (tertiary/aromatic N) is 1. The zero-order valence-electron chi connectivity index (χ0n) is 5.90. The van der Waals surface area contributed by atoms with Gasteiger partial charge in [0, 0.05) is 3.57 Å². The van der Waals surface area contributed by atoms with Gasteiger partial charge in [-0.25, -0.2) is 18.2 Å². The maximum Gasteiger partial charge on any atom is 0.280 e. The molecule has 5 heteroatoms. The first-order chi connectivity index (χ1) is 5.65. The Morgan fingerprint density at radius 1 is 1.42 bits per heavy atom. The van der Waals surface area contributed by atoms with Crippen LogP contribution in [0.4, 0.5) is 13.2 Å². The molecule has 0 spiro atoms. The number of hydrogen-bond donors (Lipinski definition) is 0. The lowest BCUT2D eigenvalue weighted by atomic mass is 10.3. The fourth-order valence-electron chi connectivity index (χ4n) is 0.716. The molecular weight excluding hydrogens is 282 g/mol. The van der Waals surface area contributed by atoms with Gasteiger partial charge in [-0.2, -0.15) is 0 Å². The van der Waals surface area contributed by atoms with Gasteiger partial charge in [0.05, 0.1) is 5.69 Å². The zero-order chi connectivity index (χ0) is 9.14. The van der Waals surface area contributed by atoms with Gasteiger partial charge in [-0.05, 0) is 34.7 Å². The van der Waals surface area contributed by atoms with Crippen LogP contribution in [0, 0.1) is 3.57 Å². The molecule has 1 aromatic rings. The molecule has 0 fully saturated rings. The summed E-state index contributed by atoms with van der Waals surface area (Å²) >= 11 is 1.85. The number of pyridine rings is 1. The molecule has 0 atom stereocenters. The minimum atomic E-state index is -2.63. The number of rotatable bonds is 2. The van der Waals surface area contributed by atoms with Gasteiger partial charge in [-0.3, -0.25) is 0 Å². The van der Waals surface area contributed by atoms with Gasteiger partial charge < -0.3 is 0 Å². The number of aromatic nitrogens is 1. The van der Waals surface area contributed by atoms with Crippen molar-refractivity contribution in [3.05, 3.63) is 27.1 Å². The molecule has 0 aromatic carbocycles. The molecule has 0 bridgehead atoms. The van der Waals surface area contributed by atoms with E-state index in [1.807, 2.05) is 22.6 Å². The average molecular weight is 287 g/mol. The van der Waals surface area contributed by atoms with Crippen molar-refractivity contribution in [2.75, 3.05) is 0 Å². The highest BCUT2D eigenvalue weighted by atomic mass is 127. The third-order valence-electron chi connectivity index (χ3n) is 1.29. The summed E-state index contributed by atoms with van der Waals surface area (Å²) < 4.78 is 36.7. The van der Waals surface area contributed by atoms with Gasteiger partial charge in [0.15, 0.2) is 0 Å². The standard InChI is InChI=1S/C7H5F3IN/c8-3-6-4(11)1-2-5(12-6)7(9)10/h1-2,7H,3H2. The summed E-state index contributed by atoms with van der Waals surface area (Å²) in [5.74, 6) is 0. The van der Waals surface area contributed by atoms with Crippen LogP contribution in [-0.4, -0.2) is 4.98 Å². The quantitative estimate of drug-likeness (QED) is 0.762. The second kappa shape index (κ2) is 4.06. The first-order valence-electron chi connectivity index (χ1n) is 3.14. The molecule has 0 radical (unpaired) electrons. The van der Waals surface area contributed by atoms with Crippen molar-refractivity contribution >= 4 is 22.6 Å². The van der Waals surface area contributed by atoms with Gasteiger partial charge in [0.2, 0.25) is 0 Å². The molecular formula is C7H5F3IN. The molecule has 0 saturated heterocycles. The highest BCUT2D eigenvalue weighted by Crippen LogP contribution is 2.19. The van der Waals surface area contributed by atoms with E-state index in [0.29, 0.717) is 3.57 Å². The third kappa shape index (κ3) is 2.09. The SMILES string of the molecule is FCc1nc(C(F)F)ccc1I. The van der Waals surface area contributed by atoms with Crippen LogP contribution >= 0.6 is 22.6 Å². The van der Waals surface area contributed by atoms with Crippen LogP contribution in [0.25, 0.3) is 0 Å². The first kappa shape index (κ1) is 9.76. The van der Waals surface area contributed by atoms with Crippen molar-refractivity contribution in [3.63, 3.8) is 0 Å². The molecule has 0 saturated carbocycles. The summed E-state index contributed by atoms with van der Waals surface area (Å²) in [5, 5.41) is 0. The normalized spacial score (nSPS) is 10.8. The van der Waals surface area contributed by atoms with Crippen molar-refractivity contribution in [3.8, 4) is 0 Å².